The van der Waals surface area contributed by atoms with E-state index in [0.29, 0.717) is 12.0 Å². The van der Waals surface area contributed by atoms with Crippen LogP contribution in [0.5, 0.6) is 0 Å². The van der Waals surface area contributed by atoms with Gasteiger partial charge in [-0.1, -0.05) is 0 Å². The van der Waals surface area contributed by atoms with Gasteiger partial charge in [0.05, 0.1) is 0 Å². The summed E-state index contributed by atoms with van der Waals surface area (Å²) in [6.45, 7) is 5.26. The maximum atomic E-state index is 12.4. The Kier molecular flexibility index (Phi) is 2.60. The molecule has 0 aliphatic carbocycles. The third-order valence-electron chi connectivity index (χ3n) is 4.55. The zero-order valence-corrected chi connectivity index (χ0v) is 11.6. The number of carbonyl (C=O) groups excluding carboxylic acids is 1. The lowest BCUT2D eigenvalue weighted by atomic mass is 9.99. The van der Waals surface area contributed by atoms with Crippen LogP contribution in [0.15, 0.2) is 28.7 Å². The largest absolute Gasteiger partial charge is 0.461 e. The third kappa shape index (κ3) is 1.91. The Morgan fingerprint density at radius 1 is 1.35 bits per heavy atom. The molecule has 2 bridgehead atoms. The molecule has 2 saturated heterocycles. The summed E-state index contributed by atoms with van der Waals surface area (Å²) in [5, 5.41) is 4.18. The van der Waals surface area contributed by atoms with E-state index in [1.165, 1.54) is 13.0 Å². The summed E-state index contributed by atoms with van der Waals surface area (Å²) >= 11 is 0. The number of nitrogens with one attached hydrogen (secondary N) is 1. The number of hydrogen-bond donors (Lipinski definition) is 1. The Hall–Kier alpha value is -1.81. The molecular formula is C16H18N2O2. The number of benzene rings is 1. The van der Waals surface area contributed by atoms with Crippen LogP contribution >= 0.6 is 0 Å². The highest BCUT2D eigenvalue weighted by Crippen LogP contribution is 2.28. The lowest BCUT2D eigenvalue weighted by Gasteiger charge is -2.23. The fourth-order valence-corrected chi connectivity index (χ4v) is 3.52. The number of rotatable bonds is 2. The first-order valence-corrected chi connectivity index (χ1v) is 7.22. The molecule has 20 heavy (non-hydrogen) atoms. The van der Waals surface area contributed by atoms with Crippen molar-refractivity contribution in [3.05, 3.63) is 35.6 Å². The van der Waals surface area contributed by atoms with Crippen LogP contribution in [0.1, 0.15) is 22.5 Å². The lowest BCUT2D eigenvalue weighted by molar-refractivity contribution is 0.0924. The highest BCUT2D eigenvalue weighted by Gasteiger charge is 2.38. The summed E-state index contributed by atoms with van der Waals surface area (Å²) in [6, 6.07) is 7.91. The second-order valence-electron chi connectivity index (χ2n) is 6.00. The molecule has 1 aromatic carbocycles. The number of carbonyl (C=O) groups is 1. The average molecular weight is 270 g/mol. The summed E-state index contributed by atoms with van der Waals surface area (Å²) in [4.78, 5) is 14.8. The number of furan rings is 1. The van der Waals surface area contributed by atoms with Crippen LogP contribution in [0, 0.1) is 12.8 Å². The quantitative estimate of drug-likeness (QED) is 0.909. The lowest BCUT2D eigenvalue weighted by Crippen LogP contribution is -2.43. The van der Waals surface area contributed by atoms with E-state index in [1.54, 1.807) is 0 Å². The van der Waals surface area contributed by atoms with Crippen molar-refractivity contribution in [3.63, 3.8) is 0 Å². The van der Waals surface area contributed by atoms with Crippen LogP contribution in [-0.2, 0) is 0 Å². The molecule has 1 aromatic heterocycles. The van der Waals surface area contributed by atoms with Gasteiger partial charge in [-0.25, -0.2) is 0 Å². The molecule has 104 valence electrons. The van der Waals surface area contributed by atoms with Gasteiger partial charge >= 0.3 is 0 Å². The molecule has 1 N–H and O–H groups in total. The Morgan fingerprint density at radius 3 is 3.00 bits per heavy atom. The predicted octanol–water partition coefficient (Wildman–Crippen LogP) is 2.18. The second kappa shape index (κ2) is 4.35. The van der Waals surface area contributed by atoms with E-state index >= 15 is 0 Å². The zero-order chi connectivity index (χ0) is 13.7. The molecule has 2 aromatic rings. The molecule has 0 radical (unpaired) electrons. The predicted molar refractivity (Wildman–Crippen MR) is 76.8 cm³/mol. The number of piperidine rings is 1. The Balaban J connectivity index is 1.54. The van der Waals surface area contributed by atoms with Crippen LogP contribution in [0.2, 0.25) is 0 Å². The molecule has 4 rings (SSSR count). The van der Waals surface area contributed by atoms with Crippen molar-refractivity contribution in [1.29, 1.82) is 0 Å². The van der Waals surface area contributed by atoms with Crippen molar-refractivity contribution in [2.75, 3.05) is 19.6 Å². The number of hydrogen-bond acceptors (Lipinski definition) is 3. The van der Waals surface area contributed by atoms with Crippen molar-refractivity contribution in [1.82, 2.24) is 10.2 Å². The van der Waals surface area contributed by atoms with Gasteiger partial charge in [-0.2, -0.15) is 0 Å². The van der Waals surface area contributed by atoms with E-state index in [-0.39, 0.29) is 5.91 Å². The van der Waals surface area contributed by atoms with Crippen LogP contribution in [-0.4, -0.2) is 36.5 Å². The molecule has 2 unspecified atom stereocenters. The summed E-state index contributed by atoms with van der Waals surface area (Å²) in [6.07, 6.45) is 1.21. The first-order valence-electron chi connectivity index (χ1n) is 7.22. The number of nitrogens with zero attached hydrogens (tertiary/aromatic N) is 1. The second-order valence-corrected chi connectivity index (χ2v) is 6.00. The molecule has 0 saturated carbocycles. The van der Waals surface area contributed by atoms with E-state index in [2.05, 4.69) is 10.2 Å². The van der Waals surface area contributed by atoms with E-state index in [9.17, 15) is 4.79 Å². The third-order valence-corrected chi connectivity index (χ3v) is 4.55. The molecule has 1 amide bonds. The standard InChI is InChI=1S/C16H18N2O2/c1-10-6-13-7-11(2-3-15(13)20-10)16(19)17-14-9-18-5-4-12(14)8-18/h2-3,6-7,12,14H,4-5,8-9H2,1H3,(H,17,19)/t12-,14?/m1/s1. The first kappa shape index (κ1) is 12.0. The van der Waals surface area contributed by atoms with Gasteiger partial charge in [0.15, 0.2) is 0 Å². The van der Waals surface area contributed by atoms with Crippen molar-refractivity contribution < 1.29 is 9.21 Å². The molecule has 4 heteroatoms. The summed E-state index contributed by atoms with van der Waals surface area (Å²) in [5.41, 5.74) is 1.56. The van der Waals surface area contributed by atoms with Gasteiger partial charge in [-0.05, 0) is 50.1 Å². The minimum absolute atomic E-state index is 0.0319. The van der Waals surface area contributed by atoms with Crippen molar-refractivity contribution in [3.8, 4) is 0 Å². The van der Waals surface area contributed by atoms with Gasteiger partial charge in [-0.15, -0.1) is 0 Å². The number of fused-ring (bicyclic) bond motifs is 3. The van der Waals surface area contributed by atoms with Gasteiger partial charge in [-0.3, -0.25) is 4.79 Å². The van der Waals surface area contributed by atoms with E-state index in [4.69, 9.17) is 4.42 Å². The molecule has 3 heterocycles. The van der Waals surface area contributed by atoms with E-state index in [1.807, 2.05) is 31.2 Å². The van der Waals surface area contributed by atoms with Gasteiger partial charge in [0.2, 0.25) is 0 Å². The average Bonchev–Trinajstić information content (AvgIpc) is 3.10. The van der Waals surface area contributed by atoms with Crippen LogP contribution in [0.4, 0.5) is 0 Å². The highest BCUT2D eigenvalue weighted by molar-refractivity contribution is 5.98. The number of amides is 1. The highest BCUT2D eigenvalue weighted by atomic mass is 16.3. The molecular weight excluding hydrogens is 252 g/mol. The fourth-order valence-electron chi connectivity index (χ4n) is 3.52. The van der Waals surface area contributed by atoms with Gasteiger partial charge in [0.25, 0.3) is 5.91 Å². The Labute approximate surface area is 117 Å². The molecule has 4 nitrogen and oxygen atoms in total. The van der Waals surface area contributed by atoms with E-state index in [0.717, 1.165) is 35.4 Å². The van der Waals surface area contributed by atoms with Crippen molar-refractivity contribution in [2.24, 2.45) is 5.92 Å². The summed E-state index contributed by atoms with van der Waals surface area (Å²) in [7, 11) is 0. The van der Waals surface area contributed by atoms with Gasteiger partial charge < -0.3 is 14.6 Å². The minimum Gasteiger partial charge on any atom is -0.461 e. The summed E-state index contributed by atoms with van der Waals surface area (Å²) in [5.74, 6) is 1.54. The smallest absolute Gasteiger partial charge is 0.251 e. The number of aryl methyl sites for hydroxylation is 1. The maximum absolute atomic E-state index is 12.4. The minimum atomic E-state index is 0.0319. The molecule has 2 fully saturated rings. The normalized spacial score (nSPS) is 28.1. The van der Waals surface area contributed by atoms with Gasteiger partial charge in [0.1, 0.15) is 11.3 Å². The monoisotopic (exact) mass is 270 g/mol. The van der Waals surface area contributed by atoms with E-state index < -0.39 is 0 Å². The molecule has 0 spiro atoms. The van der Waals surface area contributed by atoms with Crippen LogP contribution in [0.25, 0.3) is 11.0 Å². The zero-order valence-electron chi connectivity index (χ0n) is 11.6. The molecule has 3 atom stereocenters. The Bertz CT molecular complexity index is 676. The summed E-state index contributed by atoms with van der Waals surface area (Å²) < 4.78 is 5.54. The topological polar surface area (TPSA) is 45.5 Å². The maximum Gasteiger partial charge on any atom is 0.251 e. The molecule has 2 aliphatic heterocycles. The first-order chi connectivity index (χ1) is 9.69. The fraction of sp³-hybridized carbons (Fsp3) is 0.438. The van der Waals surface area contributed by atoms with Crippen molar-refractivity contribution in [2.45, 2.75) is 19.4 Å². The Morgan fingerprint density at radius 2 is 2.25 bits per heavy atom. The van der Waals surface area contributed by atoms with Crippen molar-refractivity contribution >= 4 is 16.9 Å². The van der Waals surface area contributed by atoms with Gasteiger partial charge in [0, 0.05) is 30.1 Å². The SMILES string of the molecule is Cc1cc2cc(C(=O)NC3CN4CC[C@@H]3C4)ccc2o1. The van der Waals surface area contributed by atoms with Crippen LogP contribution in [0.3, 0.4) is 0 Å². The van der Waals surface area contributed by atoms with Crippen LogP contribution < -0.4 is 5.32 Å². The molecule has 2 aliphatic rings.